The van der Waals surface area contributed by atoms with Crippen LogP contribution in [-0.2, 0) is 28.8 Å². The third-order valence-electron chi connectivity index (χ3n) is 6.71. The zero-order valence-corrected chi connectivity index (χ0v) is 24.8. The lowest BCUT2D eigenvalue weighted by Gasteiger charge is -2.31. The van der Waals surface area contributed by atoms with Gasteiger partial charge in [-0.25, -0.2) is 4.79 Å². The number of aliphatic imine (C=N–C) groups is 1. The number of carbonyl (C=O) groups excluding carboxylic acids is 7. The van der Waals surface area contributed by atoms with E-state index in [-0.39, 0.29) is 31.9 Å². The van der Waals surface area contributed by atoms with E-state index in [1.54, 1.807) is 0 Å². The van der Waals surface area contributed by atoms with Gasteiger partial charge in [0, 0.05) is 25.8 Å². The van der Waals surface area contributed by atoms with Gasteiger partial charge in [-0.1, -0.05) is 0 Å². The quantitative estimate of drug-likeness (QED) is 0.103. The summed E-state index contributed by atoms with van der Waals surface area (Å²) in [5.41, 5.74) is 27.4. The average Bonchev–Trinajstić information content (AvgIpc) is 3.02. The number of carbonyl (C=O) groups is 7. The van der Waals surface area contributed by atoms with Crippen molar-refractivity contribution in [2.45, 2.75) is 55.5 Å². The van der Waals surface area contributed by atoms with Gasteiger partial charge in [0.25, 0.3) is 5.91 Å². The van der Waals surface area contributed by atoms with Gasteiger partial charge in [-0.2, -0.15) is 0 Å². The molecule has 46 heavy (non-hydrogen) atoms. The fourth-order valence-corrected chi connectivity index (χ4v) is 4.14. The summed E-state index contributed by atoms with van der Waals surface area (Å²) in [6.07, 6.45) is 1.61. The van der Waals surface area contributed by atoms with Crippen LogP contribution in [0.2, 0.25) is 0 Å². The molecule has 0 aromatic heterocycles. The average molecular weight is 655 g/mol. The number of guanidine groups is 1. The fourth-order valence-electron chi connectivity index (χ4n) is 4.14. The molecule has 19 N–H and O–H groups in total. The van der Waals surface area contributed by atoms with Crippen LogP contribution in [0.4, 0.5) is 4.79 Å². The number of nitrogens with zero attached hydrogens (tertiary/aromatic N) is 1. The zero-order valence-electron chi connectivity index (χ0n) is 24.8. The second-order valence-electron chi connectivity index (χ2n) is 10.3. The zero-order chi connectivity index (χ0) is 34.4. The summed E-state index contributed by atoms with van der Waals surface area (Å²) in [6, 6.07) is -9.04. The Labute approximate surface area is 262 Å². The lowest BCUT2D eigenvalue weighted by atomic mass is 10.0. The molecule has 0 unspecified atom stereocenters. The Balaban J connectivity index is 2.49. The van der Waals surface area contributed by atoms with Crippen molar-refractivity contribution in [1.29, 1.82) is 0 Å². The molecule has 8 amide bonds. The van der Waals surface area contributed by atoms with E-state index >= 15 is 0 Å². The Kier molecular flexibility index (Phi) is 14.6. The first kappa shape index (κ1) is 37.1. The molecule has 22 nitrogen and oxygen atoms in total. The van der Waals surface area contributed by atoms with Gasteiger partial charge in [0.15, 0.2) is 5.96 Å². The van der Waals surface area contributed by atoms with Crippen LogP contribution in [0.15, 0.2) is 16.9 Å². The molecule has 1 saturated heterocycles. The summed E-state index contributed by atoms with van der Waals surface area (Å²) >= 11 is 0. The number of aliphatic hydroxyl groups is 1. The van der Waals surface area contributed by atoms with Crippen molar-refractivity contribution in [2.24, 2.45) is 33.7 Å². The smallest absolute Gasteiger partial charge is 0.316 e. The van der Waals surface area contributed by atoms with Crippen molar-refractivity contribution < 1.29 is 38.7 Å². The number of aliphatic hydroxyl groups excluding tert-OH is 1. The van der Waals surface area contributed by atoms with Crippen LogP contribution in [0, 0.1) is 0 Å². The molecule has 0 aromatic carbocycles. The van der Waals surface area contributed by atoms with Crippen molar-refractivity contribution >= 4 is 47.4 Å². The Morgan fingerprint density at radius 2 is 1.72 bits per heavy atom. The van der Waals surface area contributed by atoms with E-state index in [1.165, 1.54) is 0 Å². The lowest BCUT2D eigenvalue weighted by Crippen LogP contribution is -2.64. The first-order chi connectivity index (χ1) is 21.8. The molecule has 0 aliphatic carbocycles. The predicted molar refractivity (Wildman–Crippen MR) is 160 cm³/mol. The molecule has 256 valence electrons. The Morgan fingerprint density at radius 1 is 1.02 bits per heavy atom. The van der Waals surface area contributed by atoms with Crippen LogP contribution in [0.25, 0.3) is 0 Å². The van der Waals surface area contributed by atoms with Crippen LogP contribution in [0.3, 0.4) is 0 Å². The number of rotatable bonds is 9. The molecule has 2 rings (SSSR count). The topological polar surface area (TPSA) is 378 Å². The van der Waals surface area contributed by atoms with E-state index in [9.17, 15) is 38.7 Å². The van der Waals surface area contributed by atoms with Crippen molar-refractivity contribution in [1.82, 2.24) is 42.5 Å². The summed E-state index contributed by atoms with van der Waals surface area (Å²) < 4.78 is 0. The lowest BCUT2D eigenvalue weighted by molar-refractivity contribution is -0.134. The van der Waals surface area contributed by atoms with Gasteiger partial charge in [0.05, 0.1) is 18.7 Å². The van der Waals surface area contributed by atoms with Crippen LogP contribution >= 0.6 is 0 Å². The van der Waals surface area contributed by atoms with Gasteiger partial charge >= 0.3 is 6.03 Å². The number of hydrogen-bond donors (Lipinski definition) is 14. The SMILES string of the molecule is NCCC[C@@H](N)C(=O)NC[C@@H]1NC(=O)[C@@H](CO)NC(=O)[C@@H](N)CNC(=O)[C@H]([C@H]2CCN=C(N)N2)NC(=O)/C(=C/NC(N)=O)NC1=O. The molecule has 22 heteroatoms. The first-order valence-electron chi connectivity index (χ1n) is 14.2. The number of urea groups is 1. The third kappa shape index (κ3) is 11.5. The van der Waals surface area contributed by atoms with E-state index in [1.807, 2.05) is 5.32 Å². The number of nitrogens with one attached hydrogen (secondary N) is 8. The monoisotopic (exact) mass is 654 g/mol. The second kappa shape index (κ2) is 18.0. The van der Waals surface area contributed by atoms with Crippen LogP contribution < -0.4 is 71.2 Å². The fraction of sp³-hybridized carbons (Fsp3) is 0.583. The normalized spacial score (nSPS) is 26.6. The minimum atomic E-state index is -1.65. The number of primary amides is 1. The number of hydrogen-bond acceptors (Lipinski definition) is 14. The maximum Gasteiger partial charge on any atom is 0.316 e. The standard InChI is InChI=1S/C24H42N14O8/c25-4-1-2-10(26)17(40)32-7-13-19(42)34-14(8-33-24(29)46)20(43)38-16(12-3-5-30-23(28)37-12)22(45)31-6-11(27)18(41)36-15(9-39)21(44)35-13/h8,10-13,15-16,39H,1-7,9,25-27H2,(H,31,45)(H,32,40)(H,34,42)(H,35,44)(H,36,41)(H,38,43)(H3,28,30,37)(H3,29,33,46)/b14-8-/t10-,11+,12-,13+,15-,16+/m1/s1. The molecule has 2 aliphatic heterocycles. The molecular formula is C24H42N14O8. The second-order valence-corrected chi connectivity index (χ2v) is 10.3. The van der Waals surface area contributed by atoms with Gasteiger partial charge in [0.2, 0.25) is 29.5 Å². The van der Waals surface area contributed by atoms with Crippen molar-refractivity contribution in [3.8, 4) is 0 Å². The minimum absolute atomic E-state index is 0.0144. The van der Waals surface area contributed by atoms with E-state index in [0.29, 0.717) is 6.42 Å². The van der Waals surface area contributed by atoms with E-state index in [4.69, 9.17) is 28.7 Å². The molecule has 1 fully saturated rings. The molecule has 0 spiro atoms. The van der Waals surface area contributed by atoms with Gasteiger partial charge in [-0.3, -0.25) is 33.8 Å². The highest BCUT2D eigenvalue weighted by Crippen LogP contribution is 2.07. The van der Waals surface area contributed by atoms with Crippen LogP contribution in [0.5, 0.6) is 0 Å². The largest absolute Gasteiger partial charge is 0.394 e. The van der Waals surface area contributed by atoms with Gasteiger partial charge in [-0.15, -0.1) is 0 Å². The highest BCUT2D eigenvalue weighted by Gasteiger charge is 2.35. The summed E-state index contributed by atoms with van der Waals surface area (Å²) in [5, 5.41) is 28.6. The highest BCUT2D eigenvalue weighted by molar-refractivity contribution is 6.02. The molecule has 6 atom stereocenters. The van der Waals surface area contributed by atoms with Gasteiger partial charge in [-0.05, 0) is 25.8 Å². The van der Waals surface area contributed by atoms with Gasteiger partial charge < -0.3 is 76.3 Å². The van der Waals surface area contributed by atoms with E-state index < -0.39 is 103 Å². The third-order valence-corrected chi connectivity index (χ3v) is 6.71. The molecule has 0 aromatic rings. The Morgan fingerprint density at radius 3 is 2.35 bits per heavy atom. The molecule has 2 heterocycles. The van der Waals surface area contributed by atoms with Crippen molar-refractivity contribution in [3.63, 3.8) is 0 Å². The van der Waals surface area contributed by atoms with E-state index in [2.05, 4.69) is 42.2 Å². The van der Waals surface area contributed by atoms with Crippen molar-refractivity contribution in [2.75, 3.05) is 32.8 Å². The summed E-state index contributed by atoms with van der Waals surface area (Å²) in [7, 11) is 0. The summed E-state index contributed by atoms with van der Waals surface area (Å²) in [5.74, 6) is -5.78. The van der Waals surface area contributed by atoms with Crippen molar-refractivity contribution in [3.05, 3.63) is 11.9 Å². The highest BCUT2D eigenvalue weighted by atomic mass is 16.3. The molecular weight excluding hydrogens is 612 g/mol. The molecule has 2 aliphatic rings. The molecule has 0 bridgehead atoms. The van der Waals surface area contributed by atoms with Crippen LogP contribution in [0.1, 0.15) is 19.3 Å². The van der Waals surface area contributed by atoms with E-state index in [0.717, 1.165) is 6.20 Å². The summed E-state index contributed by atoms with van der Waals surface area (Å²) in [6.45, 7) is -1.51. The number of nitrogens with two attached hydrogens (primary N) is 5. The van der Waals surface area contributed by atoms with Crippen LogP contribution in [-0.4, -0.2) is 122 Å². The minimum Gasteiger partial charge on any atom is -0.394 e. The maximum absolute atomic E-state index is 13.4. The Bertz CT molecular complexity index is 1230. The first-order valence-corrected chi connectivity index (χ1v) is 14.2. The maximum atomic E-state index is 13.4. The predicted octanol–water partition coefficient (Wildman–Crippen LogP) is -8.62. The van der Waals surface area contributed by atoms with Gasteiger partial charge in [0.1, 0.15) is 29.9 Å². The Hall–Kier alpha value is -5.06. The summed E-state index contributed by atoms with van der Waals surface area (Å²) in [4.78, 5) is 93.7. The molecule has 0 radical (unpaired) electrons. The number of amides is 8. The molecule has 0 saturated carbocycles.